The van der Waals surface area contributed by atoms with Crippen LogP contribution < -0.4 is 5.30 Å². The third kappa shape index (κ3) is 2.55. The number of nitrogens with zero attached hydrogens (tertiary/aromatic N) is 1. The maximum atomic E-state index is 12.4. The third-order valence-electron chi connectivity index (χ3n) is 2.00. The molecule has 76 valence electrons. The van der Waals surface area contributed by atoms with Gasteiger partial charge in [0.25, 0.3) is 0 Å². The molecule has 2 nitrogen and oxygen atoms in total. The second-order valence-corrected chi connectivity index (χ2v) is 6.32. The zero-order valence-corrected chi connectivity index (χ0v) is 9.58. The van der Waals surface area contributed by atoms with Crippen LogP contribution in [0.25, 0.3) is 0 Å². The summed E-state index contributed by atoms with van der Waals surface area (Å²) in [6.45, 7) is 7.53. The zero-order chi connectivity index (χ0) is 10.6. The van der Waals surface area contributed by atoms with Crippen LogP contribution in [-0.4, -0.2) is 12.9 Å². The fourth-order valence-electron chi connectivity index (χ4n) is 1.40. The predicted molar refractivity (Wildman–Crippen MR) is 62.9 cm³/mol. The first-order chi connectivity index (χ1) is 6.58. The van der Waals surface area contributed by atoms with Crippen LogP contribution in [0.2, 0.25) is 0 Å². The highest BCUT2D eigenvalue weighted by Gasteiger charge is 2.23. The van der Waals surface area contributed by atoms with Crippen LogP contribution in [0, 0.1) is 5.92 Å². The Balaban J connectivity index is 3.03. The van der Waals surface area contributed by atoms with Gasteiger partial charge < -0.3 is 0 Å². The lowest BCUT2D eigenvalue weighted by atomic mass is 10.3. The van der Waals surface area contributed by atoms with Gasteiger partial charge in [-0.25, -0.2) is 4.76 Å². The number of hydrogen-bond acceptors (Lipinski definition) is 1. The summed E-state index contributed by atoms with van der Waals surface area (Å²) in [5.41, 5.74) is 0. The normalized spacial score (nSPS) is 15.1. The van der Waals surface area contributed by atoms with Gasteiger partial charge in [-0.2, -0.15) is 0 Å². The van der Waals surface area contributed by atoms with Crippen molar-refractivity contribution in [3.05, 3.63) is 30.3 Å². The van der Waals surface area contributed by atoms with Gasteiger partial charge in [0.2, 0.25) is 7.29 Å². The smallest absolute Gasteiger partial charge is 0.218 e. The highest BCUT2D eigenvalue weighted by atomic mass is 31.2. The molecule has 0 spiro atoms. The Kier molecular flexibility index (Phi) is 3.65. The van der Waals surface area contributed by atoms with E-state index in [9.17, 15) is 4.57 Å². The summed E-state index contributed by atoms with van der Waals surface area (Å²) in [6, 6.07) is 9.39. The molecule has 1 aromatic rings. The number of rotatable bonds is 4. The van der Waals surface area contributed by atoms with Crippen LogP contribution in [0.4, 0.5) is 0 Å². The Morgan fingerprint density at radius 2 is 1.93 bits per heavy atom. The maximum absolute atomic E-state index is 12.4. The van der Waals surface area contributed by atoms with Crippen LogP contribution in [-0.2, 0) is 4.57 Å². The molecule has 3 heteroatoms. The van der Waals surface area contributed by atoms with Crippen molar-refractivity contribution in [3.8, 4) is 0 Å². The molecule has 0 aromatic heterocycles. The first kappa shape index (κ1) is 11.2. The van der Waals surface area contributed by atoms with Gasteiger partial charge in [0.15, 0.2) is 0 Å². The standard InChI is InChI=1S/C11H16NOP/c1-10(2)9-14(13,12-3)11-7-5-4-6-8-11/h4-8,10H,3,9H2,1-2H3/t14-/m0/s1. The molecule has 0 aliphatic heterocycles. The molecule has 0 heterocycles. The highest BCUT2D eigenvalue weighted by molar-refractivity contribution is 7.70. The van der Waals surface area contributed by atoms with E-state index >= 15 is 0 Å². The van der Waals surface area contributed by atoms with Crippen molar-refractivity contribution in [2.75, 3.05) is 6.16 Å². The number of hydrogen-bond donors (Lipinski definition) is 0. The fourth-order valence-corrected chi connectivity index (χ4v) is 3.52. The lowest BCUT2D eigenvalue weighted by molar-refractivity contribution is 0.573. The summed E-state index contributed by atoms with van der Waals surface area (Å²) >= 11 is 0. The molecule has 1 aromatic carbocycles. The van der Waals surface area contributed by atoms with Gasteiger partial charge in [-0.3, -0.25) is 4.57 Å². The van der Waals surface area contributed by atoms with Gasteiger partial charge in [-0.05, 0) is 24.8 Å². The molecule has 0 bridgehead atoms. The van der Waals surface area contributed by atoms with Crippen molar-refractivity contribution in [1.82, 2.24) is 0 Å². The summed E-state index contributed by atoms with van der Waals surface area (Å²) in [4.78, 5) is 0. The van der Waals surface area contributed by atoms with E-state index in [0.29, 0.717) is 12.1 Å². The van der Waals surface area contributed by atoms with E-state index in [2.05, 4.69) is 11.5 Å². The molecule has 1 rings (SSSR count). The second kappa shape index (κ2) is 4.56. The van der Waals surface area contributed by atoms with Crippen molar-refractivity contribution in [1.29, 1.82) is 0 Å². The molecule has 14 heavy (non-hydrogen) atoms. The lowest BCUT2D eigenvalue weighted by Gasteiger charge is -2.15. The van der Waals surface area contributed by atoms with Gasteiger partial charge in [-0.15, -0.1) is 0 Å². The van der Waals surface area contributed by atoms with Gasteiger partial charge >= 0.3 is 0 Å². The molecular formula is C11H16NOP. The minimum atomic E-state index is -2.59. The maximum Gasteiger partial charge on any atom is 0.218 e. The van der Waals surface area contributed by atoms with Crippen LogP contribution in [0.5, 0.6) is 0 Å². The van der Waals surface area contributed by atoms with E-state index in [-0.39, 0.29) is 0 Å². The van der Waals surface area contributed by atoms with E-state index in [1.54, 1.807) is 0 Å². The van der Waals surface area contributed by atoms with E-state index in [0.717, 1.165) is 5.30 Å². The minimum absolute atomic E-state index is 0.367. The van der Waals surface area contributed by atoms with Gasteiger partial charge in [0.05, 0.1) is 0 Å². The van der Waals surface area contributed by atoms with Gasteiger partial charge in [-0.1, -0.05) is 32.0 Å². The SMILES string of the molecule is C=N[P@](=O)(CC(C)C)c1ccccc1. The first-order valence-corrected chi connectivity index (χ1v) is 6.56. The van der Waals surface area contributed by atoms with Crippen LogP contribution in [0.1, 0.15) is 13.8 Å². The zero-order valence-electron chi connectivity index (χ0n) is 8.68. The molecule has 0 saturated heterocycles. The Labute approximate surface area is 85.5 Å². The van der Waals surface area contributed by atoms with Crippen LogP contribution in [0.3, 0.4) is 0 Å². The minimum Gasteiger partial charge on any atom is -0.293 e. The quantitative estimate of drug-likeness (QED) is 0.553. The molecule has 0 N–H and O–H groups in total. The van der Waals surface area contributed by atoms with E-state index < -0.39 is 7.29 Å². The van der Waals surface area contributed by atoms with Crippen molar-refractivity contribution in [2.45, 2.75) is 13.8 Å². The topological polar surface area (TPSA) is 29.4 Å². The molecule has 0 fully saturated rings. The predicted octanol–water partition coefficient (Wildman–Crippen LogP) is 2.95. The van der Waals surface area contributed by atoms with Crippen molar-refractivity contribution < 1.29 is 4.57 Å². The Morgan fingerprint density at radius 3 is 2.36 bits per heavy atom. The highest BCUT2D eigenvalue weighted by Crippen LogP contribution is 2.46. The van der Waals surface area contributed by atoms with Gasteiger partial charge in [0.1, 0.15) is 0 Å². The molecular weight excluding hydrogens is 193 g/mol. The summed E-state index contributed by atoms with van der Waals surface area (Å²) in [6.07, 6.45) is 0.598. The summed E-state index contributed by atoms with van der Waals surface area (Å²) < 4.78 is 16.2. The third-order valence-corrected chi connectivity index (χ3v) is 4.79. The van der Waals surface area contributed by atoms with Crippen molar-refractivity contribution in [2.24, 2.45) is 10.7 Å². The monoisotopic (exact) mass is 209 g/mol. The molecule has 0 saturated carbocycles. The molecule has 0 aliphatic rings. The second-order valence-electron chi connectivity index (χ2n) is 3.75. The summed E-state index contributed by atoms with van der Waals surface area (Å²) in [7, 11) is -2.59. The summed E-state index contributed by atoms with van der Waals surface area (Å²) in [5, 5.41) is 0.809. The molecule has 0 aliphatic carbocycles. The Bertz CT molecular complexity index is 346. The molecule has 0 radical (unpaired) electrons. The summed E-state index contributed by atoms with van der Waals surface area (Å²) in [5.74, 6) is 0.367. The largest absolute Gasteiger partial charge is 0.293 e. The van der Waals surface area contributed by atoms with Crippen LogP contribution in [0.15, 0.2) is 35.1 Å². The average Bonchev–Trinajstić information content (AvgIpc) is 2.18. The first-order valence-electron chi connectivity index (χ1n) is 4.71. The molecule has 1 atom stereocenters. The lowest BCUT2D eigenvalue weighted by Crippen LogP contribution is -2.08. The Hall–Kier alpha value is -0.880. The molecule has 0 unspecified atom stereocenters. The van der Waals surface area contributed by atoms with Crippen LogP contribution >= 0.6 is 7.29 Å². The van der Waals surface area contributed by atoms with Crippen molar-refractivity contribution >= 4 is 19.3 Å². The van der Waals surface area contributed by atoms with E-state index in [4.69, 9.17) is 0 Å². The Morgan fingerprint density at radius 1 is 1.36 bits per heavy atom. The fraction of sp³-hybridized carbons (Fsp3) is 0.364. The van der Waals surface area contributed by atoms with E-state index in [1.807, 2.05) is 44.2 Å². The van der Waals surface area contributed by atoms with Gasteiger partial charge in [0, 0.05) is 11.5 Å². The van der Waals surface area contributed by atoms with E-state index in [1.165, 1.54) is 0 Å². The average molecular weight is 209 g/mol. The molecule has 0 amide bonds. The number of benzene rings is 1. The van der Waals surface area contributed by atoms with Crippen molar-refractivity contribution in [3.63, 3.8) is 0 Å².